The van der Waals surface area contributed by atoms with Gasteiger partial charge in [-0.25, -0.2) is 24.4 Å². The lowest BCUT2D eigenvalue weighted by Gasteiger charge is -2.33. The van der Waals surface area contributed by atoms with Crippen LogP contribution in [0.15, 0.2) is 85.8 Å². The molecular formula is C43H50N10O3. The van der Waals surface area contributed by atoms with Gasteiger partial charge < -0.3 is 25.2 Å². The highest BCUT2D eigenvalue weighted by atomic mass is 16.5. The summed E-state index contributed by atoms with van der Waals surface area (Å²) in [6, 6.07) is 16.8. The molecule has 1 aliphatic rings. The number of hydrogen-bond donors (Lipinski definition) is 3. The van der Waals surface area contributed by atoms with Crippen LogP contribution in [0, 0.1) is 6.92 Å². The average molecular weight is 755 g/mol. The molecule has 0 spiro atoms. The Morgan fingerprint density at radius 2 is 1.68 bits per heavy atom. The first kappa shape index (κ1) is 39.4. The molecule has 13 nitrogen and oxygen atoms in total. The van der Waals surface area contributed by atoms with Gasteiger partial charge in [0.1, 0.15) is 35.5 Å². The second kappa shape index (κ2) is 17.4. The Morgan fingerprint density at radius 3 is 2.34 bits per heavy atom. The number of nitrogens with zero attached hydrogens (tertiary/aromatic N) is 7. The molecule has 3 amide bonds. The van der Waals surface area contributed by atoms with Crippen molar-refractivity contribution in [2.24, 2.45) is 0 Å². The van der Waals surface area contributed by atoms with Gasteiger partial charge in [-0.3, -0.25) is 10.1 Å². The number of likely N-dealkylation sites (N-methyl/N-ethyl adjacent to an activating group) is 1. The van der Waals surface area contributed by atoms with Gasteiger partial charge in [-0.1, -0.05) is 70.2 Å². The van der Waals surface area contributed by atoms with E-state index in [0.29, 0.717) is 53.2 Å². The monoisotopic (exact) mass is 754 g/mol. The van der Waals surface area contributed by atoms with Crippen LogP contribution < -0.4 is 20.7 Å². The Labute approximate surface area is 328 Å². The smallest absolute Gasteiger partial charge is 0.324 e. The van der Waals surface area contributed by atoms with Gasteiger partial charge in [0, 0.05) is 55.0 Å². The fraction of sp³-hybridized carbons (Fsp3) is 0.302. The van der Waals surface area contributed by atoms with E-state index in [1.807, 2.05) is 79.4 Å². The summed E-state index contributed by atoms with van der Waals surface area (Å²) in [5.74, 6) is 2.07. The number of anilines is 4. The molecule has 3 N–H and O–H groups in total. The number of carbonyl (C=O) groups is 2. The minimum absolute atomic E-state index is 0.113. The third-order valence-corrected chi connectivity index (χ3v) is 9.48. The Bertz CT molecular complexity index is 2200. The number of nitrogens with one attached hydrogen (secondary N) is 3. The van der Waals surface area contributed by atoms with Gasteiger partial charge in [0.25, 0.3) is 5.91 Å². The van der Waals surface area contributed by atoms with Gasteiger partial charge in [0.2, 0.25) is 0 Å². The summed E-state index contributed by atoms with van der Waals surface area (Å²) in [5, 5.41) is 14.0. The van der Waals surface area contributed by atoms with Crippen LogP contribution in [0.1, 0.15) is 73.1 Å². The first-order chi connectivity index (χ1) is 26.9. The second-order valence-corrected chi connectivity index (χ2v) is 14.6. The van der Waals surface area contributed by atoms with E-state index in [0.717, 1.165) is 47.7 Å². The van der Waals surface area contributed by atoms with Gasteiger partial charge in [0.05, 0.1) is 29.5 Å². The lowest BCUT2D eigenvalue weighted by Crippen LogP contribution is -2.48. The lowest BCUT2D eigenvalue weighted by molar-refractivity contribution is 0.0637. The molecule has 2 aromatic carbocycles. The van der Waals surface area contributed by atoms with Crippen LogP contribution >= 0.6 is 0 Å². The van der Waals surface area contributed by atoms with Crippen molar-refractivity contribution in [3.8, 4) is 11.4 Å². The molecule has 1 saturated heterocycles. The third kappa shape index (κ3) is 9.47. The maximum atomic E-state index is 13.5. The average Bonchev–Trinajstić information content (AvgIpc) is 3.62. The van der Waals surface area contributed by atoms with E-state index in [9.17, 15) is 9.59 Å². The largest absolute Gasteiger partial charge is 0.488 e. The lowest BCUT2D eigenvalue weighted by atomic mass is 9.92. The van der Waals surface area contributed by atoms with Gasteiger partial charge in [0.15, 0.2) is 0 Å². The van der Waals surface area contributed by atoms with Crippen LogP contribution in [-0.4, -0.2) is 79.2 Å². The molecule has 0 unspecified atom stereocenters. The van der Waals surface area contributed by atoms with Crippen molar-refractivity contribution in [2.45, 2.75) is 53.6 Å². The Kier molecular flexibility index (Phi) is 12.2. The fourth-order valence-electron chi connectivity index (χ4n) is 6.26. The highest BCUT2D eigenvalue weighted by molar-refractivity contribution is 6.01. The number of urea groups is 1. The van der Waals surface area contributed by atoms with Gasteiger partial charge in [-0.2, -0.15) is 5.10 Å². The number of benzene rings is 2. The first-order valence-corrected chi connectivity index (χ1v) is 18.8. The van der Waals surface area contributed by atoms with Crippen molar-refractivity contribution in [3.63, 3.8) is 0 Å². The number of pyridine rings is 1. The minimum atomic E-state index is -0.421. The van der Waals surface area contributed by atoms with Gasteiger partial charge in [-0.05, 0) is 62.4 Å². The number of carbonyl (C=O) groups excluding carboxylic acids is 2. The zero-order chi connectivity index (χ0) is 39.8. The van der Waals surface area contributed by atoms with Crippen LogP contribution in [-0.2, 0) is 12.0 Å². The predicted octanol–water partition coefficient (Wildman–Crippen LogP) is 8.08. The molecule has 1 aliphatic heterocycles. The number of aromatic nitrogens is 5. The maximum Gasteiger partial charge on any atom is 0.324 e. The van der Waals surface area contributed by atoms with Crippen molar-refractivity contribution in [1.82, 2.24) is 34.5 Å². The van der Waals surface area contributed by atoms with Crippen LogP contribution in [0.25, 0.3) is 17.8 Å². The quantitative estimate of drug-likeness (QED) is 0.115. The molecule has 1 fully saturated rings. The topological polar surface area (TPSA) is 142 Å². The number of aryl methyl sites for hydroxylation is 1. The molecule has 0 bridgehead atoms. The Morgan fingerprint density at radius 1 is 0.911 bits per heavy atom. The number of ether oxygens (including phenoxy) is 1. The van der Waals surface area contributed by atoms with E-state index < -0.39 is 6.03 Å². The van der Waals surface area contributed by atoms with E-state index in [2.05, 4.69) is 70.1 Å². The van der Waals surface area contributed by atoms with Crippen LogP contribution in [0.5, 0.6) is 5.75 Å². The highest BCUT2D eigenvalue weighted by Gasteiger charge is 2.24. The zero-order valence-electron chi connectivity index (χ0n) is 33.0. The van der Waals surface area contributed by atoms with Crippen LogP contribution in [0.3, 0.4) is 0 Å². The summed E-state index contributed by atoms with van der Waals surface area (Å²) in [6.07, 6.45) is 10.3. The predicted molar refractivity (Wildman–Crippen MR) is 223 cm³/mol. The van der Waals surface area contributed by atoms with Crippen molar-refractivity contribution < 1.29 is 14.3 Å². The zero-order valence-corrected chi connectivity index (χ0v) is 33.0. The molecule has 5 aromatic rings. The van der Waals surface area contributed by atoms with Crippen LogP contribution in [0.2, 0.25) is 0 Å². The van der Waals surface area contributed by atoms with E-state index in [4.69, 9.17) is 9.84 Å². The summed E-state index contributed by atoms with van der Waals surface area (Å²) in [7, 11) is 0. The molecule has 3 aromatic heterocycles. The van der Waals surface area contributed by atoms with Crippen molar-refractivity contribution >= 4 is 47.2 Å². The van der Waals surface area contributed by atoms with E-state index >= 15 is 0 Å². The summed E-state index contributed by atoms with van der Waals surface area (Å²) in [6.45, 7) is 20.7. The first-order valence-electron chi connectivity index (χ1n) is 18.8. The molecular weight excluding hydrogens is 705 g/mol. The Balaban J connectivity index is 1.12. The third-order valence-electron chi connectivity index (χ3n) is 9.48. The van der Waals surface area contributed by atoms with E-state index in [1.165, 1.54) is 12.4 Å². The fourth-order valence-corrected chi connectivity index (χ4v) is 6.26. The summed E-state index contributed by atoms with van der Waals surface area (Å²) >= 11 is 0. The summed E-state index contributed by atoms with van der Waals surface area (Å²) < 4.78 is 8.08. The summed E-state index contributed by atoms with van der Waals surface area (Å²) in [4.78, 5) is 43.8. The molecule has 6 rings (SSSR count). The van der Waals surface area contributed by atoms with Crippen molar-refractivity contribution in [3.05, 3.63) is 119 Å². The minimum Gasteiger partial charge on any atom is -0.488 e. The Hall–Kier alpha value is -6.34. The van der Waals surface area contributed by atoms with Gasteiger partial charge >= 0.3 is 6.03 Å². The number of amides is 3. The number of hydrogen-bond acceptors (Lipinski definition) is 9. The normalized spacial score (nSPS) is 13.4. The SMILES string of the molecule is C=Cc1c(NC(=O)Nc2cc(C(C)(C)C)nn2-c2ccc(C)cc2)ccc(OCc2ccnc(Nc3cnc(C(=O)N4CCN(CC)CC4)cn3)c2)c1/C=C\C. The molecule has 0 radical (unpaired) electrons. The van der Waals surface area contributed by atoms with E-state index in [-0.39, 0.29) is 17.9 Å². The number of rotatable bonds is 12. The van der Waals surface area contributed by atoms with Crippen molar-refractivity contribution in [1.29, 1.82) is 0 Å². The second-order valence-electron chi connectivity index (χ2n) is 14.6. The maximum absolute atomic E-state index is 13.5. The molecule has 0 atom stereocenters. The molecule has 290 valence electrons. The number of allylic oxidation sites excluding steroid dienone is 1. The highest BCUT2D eigenvalue weighted by Crippen LogP contribution is 2.33. The van der Waals surface area contributed by atoms with E-state index in [1.54, 1.807) is 23.0 Å². The van der Waals surface area contributed by atoms with Crippen LogP contribution in [0.4, 0.5) is 27.9 Å². The van der Waals surface area contributed by atoms with Crippen molar-refractivity contribution in [2.75, 3.05) is 48.7 Å². The summed E-state index contributed by atoms with van der Waals surface area (Å²) in [5.41, 5.74) is 5.82. The molecule has 56 heavy (non-hydrogen) atoms. The molecule has 0 saturated carbocycles. The molecule has 0 aliphatic carbocycles. The number of piperazine rings is 1. The standard InChI is InChI=1S/C43H50N10O3/c1-8-11-33-32(9-2)34(47-42(55)49-40-25-37(43(5,6)7)50-53(40)31-14-12-29(4)13-15-31)16-17-36(33)56-28-30-18-19-44-38(24-30)48-39-27-45-35(26-46-39)41(54)52-22-20-51(10-3)21-23-52/h8-9,11-19,24-27H,2,10,20-23,28H2,1,3-7H3,(H,44,46,48)(H2,47,49,55)/b11-8-. The van der Waals surface area contributed by atoms with Gasteiger partial charge in [-0.15, -0.1) is 0 Å². The molecule has 13 heteroatoms. The molecule has 4 heterocycles.